The fourth-order valence-electron chi connectivity index (χ4n) is 6.93. The lowest BCUT2D eigenvalue weighted by molar-refractivity contribution is -0.122. The fourth-order valence-corrected chi connectivity index (χ4v) is 7.31. The van der Waals surface area contributed by atoms with E-state index in [1.807, 2.05) is 72.8 Å². The molecule has 2 N–H and O–H groups in total. The highest BCUT2D eigenvalue weighted by Crippen LogP contribution is 2.52. The predicted octanol–water partition coefficient (Wildman–Crippen LogP) is 8.26. The quantitative estimate of drug-likeness (QED) is 0.191. The Hall–Kier alpha value is -3.68. The molecule has 3 aromatic carbocycles. The number of fused-ring (bicyclic) bond motifs is 3. The molecule has 6 nitrogen and oxygen atoms in total. The first-order valence-electron chi connectivity index (χ1n) is 15.0. The average molecular weight is 642 g/mol. The molecule has 0 radical (unpaired) electrons. The number of amides is 2. The summed E-state index contributed by atoms with van der Waals surface area (Å²) in [5, 5.41) is 13.6. The smallest absolute Gasteiger partial charge is 0.238 e. The molecule has 4 atom stereocenters. The minimum absolute atomic E-state index is 0.0805. The van der Waals surface area contributed by atoms with E-state index in [1.54, 1.807) is 6.07 Å². The molecule has 2 amide bonds. The molecular weight excluding hydrogens is 604 g/mol. The number of phenolic OH excluding ortho intramolecular Hbond substituents is 1. The molecule has 2 saturated heterocycles. The number of hydrogen-bond acceptors (Lipinski definition) is 5. The number of carbonyl (C=O) groups excluding carboxylic acids is 2. The predicted molar refractivity (Wildman–Crippen MR) is 174 cm³/mol. The summed E-state index contributed by atoms with van der Waals surface area (Å²) in [4.78, 5) is 29.2. The van der Waals surface area contributed by atoms with Gasteiger partial charge in [-0.25, -0.2) is 0 Å². The van der Waals surface area contributed by atoms with Crippen LogP contribution in [0.25, 0.3) is 6.08 Å². The van der Waals surface area contributed by atoms with Crippen molar-refractivity contribution in [2.75, 3.05) is 16.8 Å². The highest BCUT2D eigenvalue weighted by Gasteiger charge is 2.57. The van der Waals surface area contributed by atoms with Gasteiger partial charge in [0.05, 0.1) is 30.2 Å². The molecule has 7 heteroatoms. The summed E-state index contributed by atoms with van der Waals surface area (Å²) in [7, 11) is 0. The van der Waals surface area contributed by atoms with Crippen molar-refractivity contribution in [1.29, 1.82) is 0 Å². The Bertz CT molecular complexity index is 1600. The van der Waals surface area contributed by atoms with Crippen molar-refractivity contribution in [3.05, 3.63) is 99.6 Å². The fraction of sp³-hybridized carbons (Fsp3) is 0.333. The third-order valence-electron chi connectivity index (χ3n) is 9.02. The molecule has 2 aliphatic heterocycles. The lowest BCUT2D eigenvalue weighted by Crippen LogP contribution is -2.35. The van der Waals surface area contributed by atoms with E-state index >= 15 is 0 Å². The van der Waals surface area contributed by atoms with Crippen molar-refractivity contribution < 1.29 is 19.4 Å². The van der Waals surface area contributed by atoms with Gasteiger partial charge in [0.2, 0.25) is 11.8 Å². The van der Waals surface area contributed by atoms with Gasteiger partial charge in [-0.1, -0.05) is 65.2 Å². The van der Waals surface area contributed by atoms with Gasteiger partial charge in [-0.05, 0) is 92.3 Å². The second kappa shape index (κ2) is 12.1. The SMILES string of the molecule is C/C(=C\c1cc(Br)ccc1O)CC[C@H]1OC[C@H]2C1=C(C(C)C)C[C@H]1C(=O)N(c3ccc(Nc4ccccc4)cc3)C(=O)[C@H]12. The molecular formula is C36H37BrN2O4. The number of carbonyl (C=O) groups is 2. The number of phenols is 1. The number of allylic oxidation sites excluding steroid dienone is 2. The Labute approximate surface area is 261 Å². The molecule has 2 heterocycles. The average Bonchev–Trinajstić information content (AvgIpc) is 3.52. The van der Waals surface area contributed by atoms with Crippen molar-refractivity contribution in [2.45, 2.75) is 46.1 Å². The van der Waals surface area contributed by atoms with Gasteiger partial charge in [0.1, 0.15) is 5.75 Å². The Morgan fingerprint density at radius 2 is 1.74 bits per heavy atom. The zero-order valence-corrected chi connectivity index (χ0v) is 26.3. The molecule has 0 aromatic heterocycles. The number of nitrogens with one attached hydrogen (secondary N) is 1. The van der Waals surface area contributed by atoms with Crippen LogP contribution in [0.1, 0.15) is 45.6 Å². The van der Waals surface area contributed by atoms with Gasteiger partial charge < -0.3 is 15.2 Å². The maximum atomic E-state index is 14.0. The number of ether oxygens (including phenoxy) is 1. The number of halogens is 1. The van der Waals surface area contributed by atoms with E-state index in [2.05, 4.69) is 42.0 Å². The molecule has 43 heavy (non-hydrogen) atoms. The second-order valence-corrected chi connectivity index (χ2v) is 13.1. The van der Waals surface area contributed by atoms with Gasteiger partial charge in [-0.3, -0.25) is 14.5 Å². The van der Waals surface area contributed by atoms with Crippen LogP contribution in [0.15, 0.2) is 94.0 Å². The van der Waals surface area contributed by atoms with Crippen molar-refractivity contribution >= 4 is 50.9 Å². The van der Waals surface area contributed by atoms with Crippen molar-refractivity contribution in [1.82, 2.24) is 0 Å². The van der Waals surface area contributed by atoms with Crippen molar-refractivity contribution in [2.24, 2.45) is 23.7 Å². The number of nitrogens with zero attached hydrogens (tertiary/aromatic N) is 1. The highest BCUT2D eigenvalue weighted by molar-refractivity contribution is 9.10. The van der Waals surface area contributed by atoms with E-state index in [4.69, 9.17) is 4.74 Å². The monoisotopic (exact) mass is 640 g/mol. The van der Waals surface area contributed by atoms with E-state index in [1.165, 1.54) is 16.0 Å². The van der Waals surface area contributed by atoms with Gasteiger partial charge in [0.25, 0.3) is 0 Å². The minimum Gasteiger partial charge on any atom is -0.507 e. The van der Waals surface area contributed by atoms with Gasteiger partial charge >= 0.3 is 0 Å². The number of imide groups is 1. The normalized spacial score (nSPS) is 23.7. The Balaban J connectivity index is 1.20. The highest BCUT2D eigenvalue weighted by atomic mass is 79.9. The van der Waals surface area contributed by atoms with Crippen LogP contribution in [0.5, 0.6) is 5.75 Å². The van der Waals surface area contributed by atoms with Crippen LogP contribution in [-0.4, -0.2) is 29.6 Å². The largest absolute Gasteiger partial charge is 0.507 e. The van der Waals surface area contributed by atoms with E-state index in [-0.39, 0.29) is 41.4 Å². The van der Waals surface area contributed by atoms with Crippen molar-refractivity contribution in [3.63, 3.8) is 0 Å². The zero-order valence-electron chi connectivity index (χ0n) is 24.7. The van der Waals surface area contributed by atoms with E-state index < -0.39 is 5.92 Å². The summed E-state index contributed by atoms with van der Waals surface area (Å²) >= 11 is 3.48. The zero-order chi connectivity index (χ0) is 30.2. The van der Waals surface area contributed by atoms with Crippen LogP contribution in [-0.2, 0) is 14.3 Å². The standard InChI is InChI=1S/C36H37BrN2O4/c1-21(2)28-19-29-34(30-20-43-32(33(28)30)16-9-22(3)17-23-18-24(37)10-15-31(23)40)36(42)39(35(29)41)27-13-11-26(12-14-27)38-25-7-5-4-6-8-25/h4-8,10-15,17-18,21,29-30,32,34,38,40H,9,16,19-20H2,1-3H3/b22-17+/t29-,30+,32-,34-/m1/s1. The summed E-state index contributed by atoms with van der Waals surface area (Å²) in [6.45, 7) is 6.88. The molecule has 6 rings (SSSR count). The third-order valence-corrected chi connectivity index (χ3v) is 9.51. The molecule has 3 aliphatic rings. The van der Waals surface area contributed by atoms with Crippen LogP contribution in [0.2, 0.25) is 0 Å². The molecule has 0 unspecified atom stereocenters. The molecule has 3 aromatic rings. The lowest BCUT2D eigenvalue weighted by Gasteiger charge is -2.33. The number of hydrogen-bond donors (Lipinski definition) is 2. The van der Waals surface area contributed by atoms with E-state index in [9.17, 15) is 14.7 Å². The van der Waals surface area contributed by atoms with Crippen LogP contribution < -0.4 is 10.2 Å². The Morgan fingerprint density at radius 3 is 2.47 bits per heavy atom. The minimum atomic E-state index is -0.396. The van der Waals surface area contributed by atoms with Gasteiger partial charge in [0, 0.05) is 27.3 Å². The topological polar surface area (TPSA) is 78.9 Å². The summed E-state index contributed by atoms with van der Waals surface area (Å²) in [6, 6.07) is 22.8. The molecule has 0 bridgehead atoms. The molecule has 0 saturated carbocycles. The summed E-state index contributed by atoms with van der Waals surface area (Å²) in [5.74, 6) is -0.546. The molecule has 1 aliphatic carbocycles. The summed E-state index contributed by atoms with van der Waals surface area (Å²) < 4.78 is 7.31. The lowest BCUT2D eigenvalue weighted by atomic mass is 9.67. The first-order chi connectivity index (χ1) is 20.7. The number of benzene rings is 3. The number of aromatic hydroxyl groups is 1. The van der Waals surface area contributed by atoms with Crippen LogP contribution in [0.3, 0.4) is 0 Å². The Morgan fingerprint density at radius 1 is 1.02 bits per heavy atom. The third kappa shape index (κ3) is 5.80. The van der Waals surface area contributed by atoms with Gasteiger partial charge in [-0.2, -0.15) is 0 Å². The second-order valence-electron chi connectivity index (χ2n) is 12.2. The maximum Gasteiger partial charge on any atom is 0.238 e. The van der Waals surface area contributed by atoms with E-state index in [0.717, 1.165) is 39.8 Å². The first-order valence-corrected chi connectivity index (χ1v) is 15.8. The van der Waals surface area contributed by atoms with Gasteiger partial charge in [-0.15, -0.1) is 0 Å². The number of anilines is 3. The van der Waals surface area contributed by atoms with Gasteiger partial charge in [0.15, 0.2) is 0 Å². The van der Waals surface area contributed by atoms with Crippen LogP contribution in [0.4, 0.5) is 17.1 Å². The summed E-state index contributed by atoms with van der Waals surface area (Å²) in [6.07, 6.45) is 4.12. The first kappa shape index (κ1) is 29.4. The van der Waals surface area contributed by atoms with Crippen molar-refractivity contribution in [3.8, 4) is 5.75 Å². The molecule has 0 spiro atoms. The number of rotatable bonds is 8. The summed E-state index contributed by atoms with van der Waals surface area (Å²) in [5.41, 5.74) is 6.90. The molecule has 222 valence electrons. The van der Waals surface area contributed by atoms with Crippen LogP contribution in [0, 0.1) is 23.7 Å². The number of para-hydroxylation sites is 1. The van der Waals surface area contributed by atoms with E-state index in [0.29, 0.717) is 18.7 Å². The van der Waals surface area contributed by atoms with Crippen LogP contribution >= 0.6 is 15.9 Å². The maximum absolute atomic E-state index is 14.0. The molecule has 2 fully saturated rings. The Kier molecular flexibility index (Phi) is 8.29.